The smallest absolute Gasteiger partial charge is 0.339 e. The number of furan rings is 1. The molecule has 1 aromatic heterocycles. The third-order valence-corrected chi connectivity index (χ3v) is 3.40. The zero-order chi connectivity index (χ0) is 15.6. The molecule has 0 fully saturated rings. The molecular formula is C15H18N2O4. The average Bonchev–Trinajstić information content (AvgIpc) is 2.76. The van der Waals surface area contributed by atoms with E-state index in [4.69, 9.17) is 10.2 Å². The molecule has 0 radical (unpaired) electrons. The van der Waals surface area contributed by atoms with Gasteiger partial charge in [-0.25, -0.2) is 4.79 Å². The van der Waals surface area contributed by atoms with Gasteiger partial charge in [0.15, 0.2) is 0 Å². The standard InChI is InChI=1S/C15H18N2O4/c1-15(2,14(16)20)8-17-7-11-12(13(18)19)9-5-3-4-6-10(9)21-11/h3-6,17H,7-8H2,1-2H3,(H2,16,20)(H,18,19). The van der Waals surface area contributed by atoms with E-state index in [1.165, 1.54) is 0 Å². The fraction of sp³-hybridized carbons (Fsp3) is 0.333. The SMILES string of the molecule is CC(C)(CNCc1oc2ccccc2c1C(=O)O)C(N)=O. The number of aromatic carboxylic acids is 1. The highest BCUT2D eigenvalue weighted by Gasteiger charge is 2.25. The minimum Gasteiger partial charge on any atom is -0.478 e. The van der Waals surface area contributed by atoms with Crippen molar-refractivity contribution in [2.45, 2.75) is 20.4 Å². The van der Waals surface area contributed by atoms with Crippen LogP contribution in [0.2, 0.25) is 0 Å². The molecule has 1 aromatic carbocycles. The van der Waals surface area contributed by atoms with Crippen molar-refractivity contribution in [3.63, 3.8) is 0 Å². The number of carbonyl (C=O) groups is 2. The van der Waals surface area contributed by atoms with Crippen molar-refractivity contribution in [1.82, 2.24) is 5.32 Å². The lowest BCUT2D eigenvalue weighted by atomic mass is 9.93. The molecule has 0 aliphatic carbocycles. The zero-order valence-corrected chi connectivity index (χ0v) is 12.0. The summed E-state index contributed by atoms with van der Waals surface area (Å²) in [7, 11) is 0. The average molecular weight is 290 g/mol. The lowest BCUT2D eigenvalue weighted by Gasteiger charge is -2.20. The lowest BCUT2D eigenvalue weighted by Crippen LogP contribution is -2.40. The van der Waals surface area contributed by atoms with E-state index in [0.29, 0.717) is 23.3 Å². The van der Waals surface area contributed by atoms with E-state index in [9.17, 15) is 14.7 Å². The number of hydrogen-bond donors (Lipinski definition) is 3. The maximum absolute atomic E-state index is 11.4. The summed E-state index contributed by atoms with van der Waals surface area (Å²) in [6.45, 7) is 3.99. The van der Waals surface area contributed by atoms with Gasteiger partial charge >= 0.3 is 5.97 Å². The second-order valence-corrected chi connectivity index (χ2v) is 5.55. The monoisotopic (exact) mass is 290 g/mol. The van der Waals surface area contributed by atoms with E-state index >= 15 is 0 Å². The van der Waals surface area contributed by atoms with Crippen molar-refractivity contribution >= 4 is 22.8 Å². The number of nitrogens with one attached hydrogen (secondary N) is 1. The van der Waals surface area contributed by atoms with Gasteiger partial charge in [-0.15, -0.1) is 0 Å². The number of amides is 1. The third kappa shape index (κ3) is 3.05. The van der Waals surface area contributed by atoms with Gasteiger partial charge in [0.05, 0.1) is 12.0 Å². The molecule has 0 unspecified atom stereocenters. The van der Waals surface area contributed by atoms with Gasteiger partial charge < -0.3 is 20.6 Å². The van der Waals surface area contributed by atoms with E-state index in [2.05, 4.69) is 5.32 Å². The van der Waals surface area contributed by atoms with Gasteiger partial charge in [0, 0.05) is 11.9 Å². The van der Waals surface area contributed by atoms with Crippen molar-refractivity contribution in [1.29, 1.82) is 0 Å². The molecule has 6 heteroatoms. The molecule has 2 aromatic rings. The minimum atomic E-state index is -1.04. The predicted octanol–water partition coefficient (Wildman–Crippen LogP) is 1.73. The Labute approximate surface area is 121 Å². The second kappa shape index (κ2) is 5.57. The van der Waals surface area contributed by atoms with Gasteiger partial charge in [0.2, 0.25) is 5.91 Å². The summed E-state index contributed by atoms with van der Waals surface area (Å²) in [6.07, 6.45) is 0. The Morgan fingerprint density at radius 1 is 1.33 bits per heavy atom. The summed E-state index contributed by atoms with van der Waals surface area (Å²) in [6, 6.07) is 6.97. The molecule has 0 aliphatic rings. The number of hydrogen-bond acceptors (Lipinski definition) is 4. The highest BCUT2D eigenvalue weighted by molar-refractivity contribution is 6.03. The number of rotatable bonds is 6. The molecule has 0 bridgehead atoms. The van der Waals surface area contributed by atoms with Gasteiger partial charge in [0.25, 0.3) is 0 Å². The van der Waals surface area contributed by atoms with Crippen LogP contribution in [0.5, 0.6) is 0 Å². The first-order chi connectivity index (χ1) is 9.83. The van der Waals surface area contributed by atoms with Crippen LogP contribution in [0.25, 0.3) is 11.0 Å². The Bertz CT molecular complexity index is 688. The molecule has 0 atom stereocenters. The van der Waals surface area contributed by atoms with Crippen LogP contribution in [0, 0.1) is 5.41 Å². The maximum Gasteiger partial charge on any atom is 0.339 e. The van der Waals surface area contributed by atoms with E-state index < -0.39 is 17.3 Å². The maximum atomic E-state index is 11.4. The number of para-hydroxylation sites is 1. The quantitative estimate of drug-likeness (QED) is 0.751. The Morgan fingerprint density at radius 2 is 2.00 bits per heavy atom. The summed E-state index contributed by atoms with van der Waals surface area (Å²) in [4.78, 5) is 22.6. The number of primary amides is 1. The van der Waals surface area contributed by atoms with Gasteiger partial charge in [0.1, 0.15) is 16.9 Å². The van der Waals surface area contributed by atoms with Crippen molar-refractivity contribution in [3.05, 3.63) is 35.6 Å². The summed E-state index contributed by atoms with van der Waals surface area (Å²) >= 11 is 0. The van der Waals surface area contributed by atoms with Gasteiger partial charge in [-0.05, 0) is 19.9 Å². The molecule has 0 spiro atoms. The van der Waals surface area contributed by atoms with E-state index in [1.54, 1.807) is 38.1 Å². The summed E-state index contributed by atoms with van der Waals surface area (Å²) in [5, 5.41) is 12.9. The molecule has 0 saturated heterocycles. The van der Waals surface area contributed by atoms with Crippen LogP contribution < -0.4 is 11.1 Å². The second-order valence-electron chi connectivity index (χ2n) is 5.55. The molecule has 0 aliphatic heterocycles. The van der Waals surface area contributed by atoms with Crippen molar-refractivity contribution in [2.75, 3.05) is 6.54 Å². The van der Waals surface area contributed by atoms with Crippen LogP contribution in [0.15, 0.2) is 28.7 Å². The number of benzene rings is 1. The van der Waals surface area contributed by atoms with Crippen LogP contribution >= 0.6 is 0 Å². The van der Waals surface area contributed by atoms with Crippen molar-refractivity contribution in [2.24, 2.45) is 11.1 Å². The lowest BCUT2D eigenvalue weighted by molar-refractivity contribution is -0.125. The molecule has 2 rings (SSSR count). The summed E-state index contributed by atoms with van der Waals surface area (Å²) in [5.74, 6) is -1.12. The van der Waals surface area contributed by atoms with Crippen LogP contribution in [-0.2, 0) is 11.3 Å². The summed E-state index contributed by atoms with van der Waals surface area (Å²) < 4.78 is 5.58. The van der Waals surface area contributed by atoms with E-state index in [-0.39, 0.29) is 12.1 Å². The Morgan fingerprint density at radius 3 is 2.62 bits per heavy atom. The zero-order valence-electron chi connectivity index (χ0n) is 12.0. The number of nitrogens with two attached hydrogens (primary N) is 1. The predicted molar refractivity (Wildman–Crippen MR) is 77.9 cm³/mol. The minimum absolute atomic E-state index is 0.148. The number of carboxylic acid groups (broad SMARTS) is 1. The van der Waals surface area contributed by atoms with Crippen molar-refractivity contribution in [3.8, 4) is 0 Å². The molecule has 112 valence electrons. The van der Waals surface area contributed by atoms with Crippen LogP contribution in [0.1, 0.15) is 30.0 Å². The molecule has 1 heterocycles. The largest absolute Gasteiger partial charge is 0.478 e. The fourth-order valence-electron chi connectivity index (χ4n) is 2.03. The highest BCUT2D eigenvalue weighted by atomic mass is 16.4. The van der Waals surface area contributed by atoms with Crippen molar-refractivity contribution < 1.29 is 19.1 Å². The first kappa shape index (κ1) is 15.1. The molecule has 1 amide bonds. The van der Waals surface area contributed by atoms with Gasteiger partial charge in [-0.3, -0.25) is 4.79 Å². The number of fused-ring (bicyclic) bond motifs is 1. The Hall–Kier alpha value is -2.34. The first-order valence-electron chi connectivity index (χ1n) is 6.57. The summed E-state index contributed by atoms with van der Waals surface area (Å²) in [5.41, 5.74) is 5.26. The Balaban J connectivity index is 2.21. The van der Waals surface area contributed by atoms with E-state index in [1.807, 2.05) is 0 Å². The van der Waals surface area contributed by atoms with Crippen LogP contribution in [-0.4, -0.2) is 23.5 Å². The van der Waals surface area contributed by atoms with Gasteiger partial charge in [-0.2, -0.15) is 0 Å². The molecule has 0 saturated carbocycles. The molecule has 6 nitrogen and oxygen atoms in total. The number of carbonyl (C=O) groups excluding carboxylic acids is 1. The first-order valence-corrected chi connectivity index (χ1v) is 6.57. The number of carboxylic acids is 1. The normalized spacial score (nSPS) is 11.7. The topological polar surface area (TPSA) is 106 Å². The van der Waals surface area contributed by atoms with Crippen LogP contribution in [0.4, 0.5) is 0 Å². The van der Waals surface area contributed by atoms with Gasteiger partial charge in [-0.1, -0.05) is 18.2 Å². The van der Waals surface area contributed by atoms with Crippen LogP contribution in [0.3, 0.4) is 0 Å². The van der Waals surface area contributed by atoms with E-state index in [0.717, 1.165) is 0 Å². The fourth-order valence-corrected chi connectivity index (χ4v) is 2.03. The highest BCUT2D eigenvalue weighted by Crippen LogP contribution is 2.26. The molecule has 21 heavy (non-hydrogen) atoms. The Kier molecular flexibility index (Phi) is 3.99. The third-order valence-electron chi connectivity index (χ3n) is 3.40. The molecular weight excluding hydrogens is 272 g/mol. The molecule has 4 N–H and O–H groups in total.